The molecule has 230 valence electrons. The van der Waals surface area contributed by atoms with E-state index in [-0.39, 0.29) is 11.9 Å². The van der Waals surface area contributed by atoms with E-state index in [2.05, 4.69) is 45.1 Å². The van der Waals surface area contributed by atoms with Crippen LogP contribution in [0.25, 0.3) is 5.00 Å². The summed E-state index contributed by atoms with van der Waals surface area (Å²) < 4.78 is 24.5. The van der Waals surface area contributed by atoms with Crippen LogP contribution in [-0.4, -0.2) is 72.4 Å². The fraction of sp³-hybridized carbons (Fsp3) is 0.394. The van der Waals surface area contributed by atoms with Gasteiger partial charge < -0.3 is 23.8 Å². The van der Waals surface area contributed by atoms with Gasteiger partial charge in [-0.1, -0.05) is 31.2 Å². The average molecular weight is 616 g/mol. The lowest BCUT2D eigenvalue weighted by molar-refractivity contribution is -0.139. The van der Waals surface area contributed by atoms with Crippen molar-refractivity contribution in [3.05, 3.63) is 81.2 Å². The van der Waals surface area contributed by atoms with Crippen LogP contribution in [0.2, 0.25) is 0 Å². The van der Waals surface area contributed by atoms with Gasteiger partial charge in [-0.15, -0.1) is 21.5 Å². The highest BCUT2D eigenvalue weighted by molar-refractivity contribution is 7.15. The Bertz CT molecular complexity index is 1670. The van der Waals surface area contributed by atoms with Gasteiger partial charge in [-0.05, 0) is 49.1 Å². The number of thiophene rings is 1. The minimum absolute atomic E-state index is 0.132. The van der Waals surface area contributed by atoms with Crippen LogP contribution in [0, 0.1) is 6.92 Å². The number of nitrogens with zero attached hydrogens (tertiary/aromatic N) is 5. The molecule has 0 N–H and O–H groups in total. The highest BCUT2D eigenvalue weighted by Crippen LogP contribution is 2.40. The molecule has 0 radical (unpaired) electrons. The van der Waals surface area contributed by atoms with Crippen molar-refractivity contribution in [2.24, 2.45) is 4.99 Å². The molecule has 2 aliphatic rings. The largest absolute Gasteiger partial charge is 0.493 e. The molecule has 2 aromatic heterocycles. The number of hydrogen-bond acceptors (Lipinski definition) is 9. The number of carbonyl (C=O) groups excluding carboxylic acids is 1. The van der Waals surface area contributed by atoms with Crippen LogP contribution >= 0.6 is 11.3 Å². The van der Waals surface area contributed by atoms with Crippen molar-refractivity contribution < 1.29 is 23.7 Å². The van der Waals surface area contributed by atoms with Gasteiger partial charge >= 0.3 is 0 Å². The molecule has 44 heavy (non-hydrogen) atoms. The van der Waals surface area contributed by atoms with Crippen LogP contribution in [0.1, 0.15) is 58.2 Å². The lowest BCUT2D eigenvalue weighted by atomic mass is 9.98. The van der Waals surface area contributed by atoms with Gasteiger partial charge in [0.25, 0.3) is 0 Å². The maximum absolute atomic E-state index is 12.8. The number of methoxy groups -OCH3 is 3. The highest BCUT2D eigenvalue weighted by atomic mass is 32.1. The molecule has 0 spiro atoms. The highest BCUT2D eigenvalue weighted by Gasteiger charge is 2.32. The summed E-state index contributed by atoms with van der Waals surface area (Å²) in [6, 6.07) is 14.6. The van der Waals surface area contributed by atoms with E-state index in [0.717, 1.165) is 56.8 Å². The SMILES string of the molecule is CCC(=O)N1CCOCC1c1cc2c(s1)-n1c(C)nnc1CN=C2c1ccc(CCc2cc(OC)c(OC)c(OC)c2)cc1. The van der Waals surface area contributed by atoms with E-state index in [1.54, 1.807) is 32.7 Å². The van der Waals surface area contributed by atoms with Gasteiger partial charge in [-0.3, -0.25) is 14.4 Å². The van der Waals surface area contributed by atoms with Gasteiger partial charge in [0, 0.05) is 29.0 Å². The fourth-order valence-corrected chi connectivity index (χ4v) is 7.22. The quantitative estimate of drug-likeness (QED) is 0.258. The zero-order valence-corrected chi connectivity index (χ0v) is 26.6. The number of aliphatic imine (C=N–C) groups is 1. The number of aryl methyl sites for hydroxylation is 3. The Kier molecular flexibility index (Phi) is 8.67. The van der Waals surface area contributed by atoms with Gasteiger partial charge in [-0.25, -0.2) is 0 Å². The van der Waals surface area contributed by atoms with Gasteiger partial charge in [0.1, 0.15) is 17.4 Å². The number of carbonyl (C=O) groups is 1. The maximum atomic E-state index is 12.8. The van der Waals surface area contributed by atoms with Crippen LogP contribution in [0.15, 0.2) is 47.5 Å². The van der Waals surface area contributed by atoms with Gasteiger partial charge in [0.05, 0.1) is 46.3 Å². The summed E-state index contributed by atoms with van der Waals surface area (Å²) in [5.74, 6) is 3.66. The Hall–Kier alpha value is -4.22. The number of ether oxygens (including phenoxy) is 4. The molecule has 4 heterocycles. The van der Waals surface area contributed by atoms with Crippen molar-refractivity contribution in [2.45, 2.75) is 45.7 Å². The second kappa shape index (κ2) is 12.8. The van der Waals surface area contributed by atoms with Crippen LogP contribution in [0.5, 0.6) is 17.2 Å². The van der Waals surface area contributed by atoms with Gasteiger partial charge in [0.2, 0.25) is 11.7 Å². The number of aromatic nitrogens is 3. The van der Waals surface area contributed by atoms with Gasteiger partial charge in [0.15, 0.2) is 17.3 Å². The monoisotopic (exact) mass is 615 g/mol. The smallest absolute Gasteiger partial charge is 0.222 e. The number of amides is 1. The molecule has 10 nitrogen and oxygen atoms in total. The summed E-state index contributed by atoms with van der Waals surface area (Å²) in [4.78, 5) is 20.9. The predicted molar refractivity (Wildman–Crippen MR) is 169 cm³/mol. The Morgan fingerprint density at radius 1 is 1.00 bits per heavy atom. The molecule has 4 aromatic rings. The lowest BCUT2D eigenvalue weighted by Gasteiger charge is -2.35. The third kappa shape index (κ3) is 5.57. The summed E-state index contributed by atoms with van der Waals surface area (Å²) in [6.45, 7) is 5.93. The molecule has 1 unspecified atom stereocenters. The molecule has 1 amide bonds. The van der Waals surface area contributed by atoms with E-state index >= 15 is 0 Å². The van der Waals surface area contributed by atoms with E-state index < -0.39 is 0 Å². The Balaban J connectivity index is 1.29. The second-order valence-corrected chi connectivity index (χ2v) is 11.9. The molecule has 2 aromatic carbocycles. The minimum Gasteiger partial charge on any atom is -0.493 e. The van der Waals surface area contributed by atoms with Crippen molar-refractivity contribution in [1.29, 1.82) is 0 Å². The molecule has 1 saturated heterocycles. The first-order chi connectivity index (χ1) is 21.4. The molecule has 0 bridgehead atoms. The molecular formula is C33H37N5O5S. The number of rotatable bonds is 9. The average Bonchev–Trinajstić information content (AvgIpc) is 3.62. The zero-order chi connectivity index (χ0) is 30.8. The molecule has 1 fully saturated rings. The fourth-order valence-electron chi connectivity index (χ4n) is 5.89. The number of morpholine rings is 1. The summed E-state index contributed by atoms with van der Waals surface area (Å²) in [5.41, 5.74) is 5.28. The summed E-state index contributed by atoms with van der Waals surface area (Å²) >= 11 is 1.66. The zero-order valence-electron chi connectivity index (χ0n) is 25.8. The molecule has 0 aliphatic carbocycles. The second-order valence-electron chi connectivity index (χ2n) is 10.8. The first kappa shape index (κ1) is 29.8. The topological polar surface area (TPSA) is 100 Å². The van der Waals surface area contributed by atoms with E-state index in [1.807, 2.05) is 30.9 Å². The maximum Gasteiger partial charge on any atom is 0.222 e. The molecule has 2 aliphatic heterocycles. The van der Waals surface area contributed by atoms with Crippen LogP contribution < -0.4 is 14.2 Å². The van der Waals surface area contributed by atoms with Crippen molar-refractivity contribution in [1.82, 2.24) is 19.7 Å². The van der Waals surface area contributed by atoms with Crippen LogP contribution in [-0.2, 0) is 28.9 Å². The Morgan fingerprint density at radius 3 is 2.41 bits per heavy atom. The van der Waals surface area contributed by atoms with Gasteiger partial charge in [-0.2, -0.15) is 0 Å². The van der Waals surface area contributed by atoms with E-state index in [4.69, 9.17) is 23.9 Å². The van der Waals surface area contributed by atoms with Crippen molar-refractivity contribution in [3.8, 4) is 22.2 Å². The van der Waals surface area contributed by atoms with E-state index in [0.29, 0.717) is 50.0 Å². The number of benzene rings is 2. The first-order valence-electron chi connectivity index (χ1n) is 14.8. The van der Waals surface area contributed by atoms with E-state index in [9.17, 15) is 4.79 Å². The third-order valence-corrected chi connectivity index (χ3v) is 9.42. The summed E-state index contributed by atoms with van der Waals surface area (Å²) in [5, 5.41) is 9.79. The summed E-state index contributed by atoms with van der Waals surface area (Å²) in [7, 11) is 4.87. The standard InChI is InChI=1S/C33H37N5O5S/c1-6-30(39)37-13-14-43-19-25(37)28-17-24-31(34-18-29-36-35-20(2)38(29)33(24)44-28)23-11-9-21(10-12-23)7-8-22-15-26(40-3)32(42-5)27(16-22)41-4/h9-12,15-17,25H,6-8,13-14,18-19H2,1-5H3. The predicted octanol–water partition coefficient (Wildman–Crippen LogP) is 5.11. The lowest BCUT2D eigenvalue weighted by Crippen LogP contribution is -2.42. The number of hydrogen-bond donors (Lipinski definition) is 0. The van der Waals surface area contributed by atoms with Crippen molar-refractivity contribution in [2.75, 3.05) is 41.1 Å². The number of fused-ring (bicyclic) bond motifs is 3. The van der Waals surface area contributed by atoms with Crippen molar-refractivity contribution >= 4 is 23.0 Å². The third-order valence-electron chi connectivity index (χ3n) is 8.19. The molecule has 1 atom stereocenters. The molecule has 11 heteroatoms. The van der Waals surface area contributed by atoms with Crippen LogP contribution in [0.3, 0.4) is 0 Å². The van der Waals surface area contributed by atoms with E-state index in [1.165, 1.54) is 5.56 Å². The molecule has 6 rings (SSSR count). The molecule has 0 saturated carbocycles. The Morgan fingerprint density at radius 2 is 1.73 bits per heavy atom. The molecular weight excluding hydrogens is 578 g/mol. The normalized spacial score (nSPS) is 16.1. The Labute approximate surface area is 261 Å². The first-order valence-corrected chi connectivity index (χ1v) is 15.6. The summed E-state index contributed by atoms with van der Waals surface area (Å²) in [6.07, 6.45) is 2.14. The van der Waals surface area contributed by atoms with Crippen molar-refractivity contribution in [3.63, 3.8) is 0 Å². The minimum atomic E-state index is -0.132. The van der Waals surface area contributed by atoms with Crippen LogP contribution in [0.4, 0.5) is 0 Å².